The third kappa shape index (κ3) is 6.06. The number of alkyl halides is 3. The van der Waals surface area contributed by atoms with Gasteiger partial charge in [0.05, 0.1) is 5.56 Å². The van der Waals surface area contributed by atoms with Crippen LogP contribution in [0.15, 0.2) is 66.9 Å². The Bertz CT molecular complexity index is 1160. The van der Waals surface area contributed by atoms with Crippen LogP contribution in [0.1, 0.15) is 36.8 Å². The van der Waals surface area contributed by atoms with Crippen molar-refractivity contribution < 1.29 is 32.3 Å². The predicted octanol–water partition coefficient (Wildman–Crippen LogP) is 3.33. The highest BCUT2D eigenvalue weighted by molar-refractivity contribution is 5.99. The normalized spacial score (nSPS) is 10.8. The van der Waals surface area contributed by atoms with Crippen molar-refractivity contribution in [3.05, 3.63) is 89.2 Å². The van der Waals surface area contributed by atoms with Gasteiger partial charge < -0.3 is 10.1 Å². The van der Waals surface area contributed by atoms with Crippen molar-refractivity contribution in [3.8, 4) is 11.5 Å². The van der Waals surface area contributed by atoms with E-state index in [1.54, 1.807) is 6.07 Å². The van der Waals surface area contributed by atoms with Crippen molar-refractivity contribution in [1.29, 1.82) is 0 Å². The zero-order chi connectivity index (χ0) is 24.0. The number of ether oxygens (including phenoxy) is 1. The lowest BCUT2D eigenvalue weighted by Gasteiger charge is -2.10. The molecule has 0 radical (unpaired) electrons. The van der Waals surface area contributed by atoms with Crippen LogP contribution in [0.5, 0.6) is 11.5 Å². The van der Waals surface area contributed by atoms with Crippen LogP contribution in [0.25, 0.3) is 0 Å². The Kier molecular flexibility index (Phi) is 6.91. The second-order valence-corrected chi connectivity index (χ2v) is 6.57. The lowest BCUT2D eigenvalue weighted by atomic mass is 10.1. The molecule has 0 fully saturated rings. The number of carbonyl (C=O) groups excluding carboxylic acids is 3. The van der Waals surface area contributed by atoms with E-state index < -0.39 is 23.6 Å². The number of benzene rings is 2. The Balaban J connectivity index is 1.57. The standard InChI is InChI=1S/C22H17F3N4O4/c1-26-21(32)18-12-17(10-11-27-18)33-16-8-4-14(5-9-16)20(31)29-28-19(30)13-2-6-15(7-3-13)22(23,24)25/h2-12H,1H3,(H,26,32)(H,28,30)(H,29,31). The molecular weight excluding hydrogens is 441 g/mol. The number of pyridine rings is 1. The van der Waals surface area contributed by atoms with Crippen LogP contribution in [0, 0.1) is 0 Å². The third-order valence-electron chi connectivity index (χ3n) is 4.31. The molecule has 0 aliphatic rings. The summed E-state index contributed by atoms with van der Waals surface area (Å²) in [6.07, 6.45) is -3.09. The van der Waals surface area contributed by atoms with Crippen LogP contribution >= 0.6 is 0 Å². The van der Waals surface area contributed by atoms with Gasteiger partial charge in [0, 0.05) is 30.4 Å². The maximum atomic E-state index is 12.6. The second-order valence-electron chi connectivity index (χ2n) is 6.57. The van der Waals surface area contributed by atoms with Crippen molar-refractivity contribution in [2.45, 2.75) is 6.18 Å². The monoisotopic (exact) mass is 458 g/mol. The van der Waals surface area contributed by atoms with Gasteiger partial charge in [-0.1, -0.05) is 0 Å². The van der Waals surface area contributed by atoms with Gasteiger partial charge in [-0.25, -0.2) is 0 Å². The highest BCUT2D eigenvalue weighted by Crippen LogP contribution is 2.29. The Hall–Kier alpha value is -4.41. The largest absolute Gasteiger partial charge is 0.457 e. The zero-order valence-electron chi connectivity index (χ0n) is 17.1. The number of hydrogen-bond donors (Lipinski definition) is 3. The summed E-state index contributed by atoms with van der Waals surface area (Å²) in [7, 11) is 1.48. The Morgan fingerprint density at radius 2 is 1.33 bits per heavy atom. The molecule has 0 spiro atoms. The molecule has 3 amide bonds. The van der Waals surface area contributed by atoms with E-state index in [-0.39, 0.29) is 22.7 Å². The molecule has 170 valence electrons. The van der Waals surface area contributed by atoms with Gasteiger partial charge in [-0.05, 0) is 54.6 Å². The minimum absolute atomic E-state index is 0.0551. The first-order valence-corrected chi connectivity index (χ1v) is 9.41. The molecule has 0 aliphatic carbocycles. The Labute approximate surface area is 185 Å². The summed E-state index contributed by atoms with van der Waals surface area (Å²) in [4.78, 5) is 39.8. The number of rotatable bonds is 5. The van der Waals surface area contributed by atoms with Crippen molar-refractivity contribution in [2.75, 3.05) is 7.05 Å². The third-order valence-corrected chi connectivity index (χ3v) is 4.31. The minimum atomic E-state index is -4.51. The van der Waals surface area contributed by atoms with E-state index in [4.69, 9.17) is 4.74 Å². The van der Waals surface area contributed by atoms with Gasteiger partial charge in [-0.3, -0.25) is 30.2 Å². The first-order valence-electron chi connectivity index (χ1n) is 9.41. The summed E-state index contributed by atoms with van der Waals surface area (Å²) in [6, 6.07) is 12.5. The van der Waals surface area contributed by atoms with E-state index >= 15 is 0 Å². The van der Waals surface area contributed by atoms with Crippen LogP contribution < -0.4 is 20.9 Å². The SMILES string of the molecule is CNC(=O)c1cc(Oc2ccc(C(=O)NNC(=O)c3ccc(C(F)(F)F)cc3)cc2)ccn1. The summed E-state index contributed by atoms with van der Waals surface area (Å²) >= 11 is 0. The molecule has 33 heavy (non-hydrogen) atoms. The molecule has 0 unspecified atom stereocenters. The van der Waals surface area contributed by atoms with Gasteiger partial charge in [0.25, 0.3) is 17.7 Å². The highest BCUT2D eigenvalue weighted by atomic mass is 19.4. The van der Waals surface area contributed by atoms with Gasteiger partial charge in [0.2, 0.25) is 0 Å². The number of halogens is 3. The number of aromatic nitrogens is 1. The van der Waals surface area contributed by atoms with Gasteiger partial charge >= 0.3 is 6.18 Å². The van der Waals surface area contributed by atoms with Crippen LogP contribution in [-0.4, -0.2) is 29.8 Å². The lowest BCUT2D eigenvalue weighted by Crippen LogP contribution is -2.41. The quantitative estimate of drug-likeness (QED) is 0.508. The van der Waals surface area contributed by atoms with Crippen molar-refractivity contribution in [1.82, 2.24) is 21.2 Å². The van der Waals surface area contributed by atoms with Gasteiger partial charge in [0.15, 0.2) is 0 Å². The molecule has 8 nitrogen and oxygen atoms in total. The highest BCUT2D eigenvalue weighted by Gasteiger charge is 2.30. The zero-order valence-corrected chi connectivity index (χ0v) is 17.1. The predicted molar refractivity (Wildman–Crippen MR) is 111 cm³/mol. The van der Waals surface area contributed by atoms with E-state index in [0.717, 1.165) is 24.3 Å². The van der Waals surface area contributed by atoms with E-state index in [9.17, 15) is 27.6 Å². The fraction of sp³-hybridized carbons (Fsp3) is 0.0909. The molecule has 0 saturated carbocycles. The summed E-state index contributed by atoms with van der Waals surface area (Å²) in [5.74, 6) is -1.04. The number of amides is 3. The summed E-state index contributed by atoms with van der Waals surface area (Å²) in [5, 5.41) is 2.45. The number of hydrazine groups is 1. The number of nitrogens with zero attached hydrogens (tertiary/aromatic N) is 1. The molecule has 0 saturated heterocycles. The first kappa shape index (κ1) is 23.3. The molecular formula is C22H17F3N4O4. The maximum absolute atomic E-state index is 12.6. The lowest BCUT2D eigenvalue weighted by molar-refractivity contribution is -0.137. The van der Waals surface area contributed by atoms with E-state index in [0.29, 0.717) is 11.5 Å². The molecule has 0 bridgehead atoms. The molecule has 3 rings (SSSR count). The van der Waals surface area contributed by atoms with Gasteiger partial charge in [0.1, 0.15) is 17.2 Å². The summed E-state index contributed by atoms with van der Waals surface area (Å²) in [6.45, 7) is 0. The number of hydrogen-bond acceptors (Lipinski definition) is 5. The topological polar surface area (TPSA) is 109 Å². The van der Waals surface area contributed by atoms with Crippen molar-refractivity contribution >= 4 is 17.7 Å². The van der Waals surface area contributed by atoms with Crippen molar-refractivity contribution in [3.63, 3.8) is 0 Å². The average molecular weight is 458 g/mol. The Morgan fingerprint density at radius 1 is 0.788 bits per heavy atom. The fourth-order valence-electron chi connectivity index (χ4n) is 2.61. The first-order chi connectivity index (χ1) is 15.7. The van der Waals surface area contributed by atoms with Gasteiger partial charge in [-0.15, -0.1) is 0 Å². The Morgan fingerprint density at radius 3 is 1.85 bits per heavy atom. The van der Waals surface area contributed by atoms with Crippen LogP contribution in [-0.2, 0) is 6.18 Å². The fourth-order valence-corrected chi connectivity index (χ4v) is 2.61. The van der Waals surface area contributed by atoms with E-state index in [1.165, 1.54) is 43.6 Å². The van der Waals surface area contributed by atoms with Crippen LogP contribution in [0.3, 0.4) is 0 Å². The second kappa shape index (κ2) is 9.81. The molecule has 3 aromatic rings. The molecule has 2 aromatic carbocycles. The molecule has 11 heteroatoms. The van der Waals surface area contributed by atoms with Gasteiger partial charge in [-0.2, -0.15) is 13.2 Å². The molecule has 3 N–H and O–H groups in total. The summed E-state index contributed by atoms with van der Waals surface area (Å²) in [5.41, 5.74) is 3.74. The molecule has 0 aliphatic heterocycles. The maximum Gasteiger partial charge on any atom is 0.416 e. The minimum Gasteiger partial charge on any atom is -0.457 e. The summed E-state index contributed by atoms with van der Waals surface area (Å²) < 4.78 is 43.4. The number of carbonyl (C=O) groups is 3. The van der Waals surface area contributed by atoms with E-state index in [1.807, 2.05) is 0 Å². The molecule has 1 heterocycles. The molecule has 0 atom stereocenters. The number of nitrogens with one attached hydrogen (secondary N) is 3. The van der Waals surface area contributed by atoms with Crippen molar-refractivity contribution in [2.24, 2.45) is 0 Å². The van der Waals surface area contributed by atoms with Crippen LogP contribution in [0.2, 0.25) is 0 Å². The smallest absolute Gasteiger partial charge is 0.416 e. The molecule has 1 aromatic heterocycles. The van der Waals surface area contributed by atoms with Crippen LogP contribution in [0.4, 0.5) is 13.2 Å². The van der Waals surface area contributed by atoms with E-state index in [2.05, 4.69) is 21.2 Å². The average Bonchev–Trinajstić information content (AvgIpc) is 2.82.